The molecule has 0 saturated carbocycles. The standard InChI is InChI=1S/C12H14N2O3/c15-11-7-6-10(13-11)14-12(16)17-8-9-4-2-1-3-5-9/h1-5,10H,6-8H2,(H,13,15)(H,14,16)/t10-/m0/s1. The third-order valence-electron chi connectivity index (χ3n) is 2.50. The number of alkyl carbamates (subject to hydrolysis) is 1. The Morgan fingerprint density at radius 2 is 2.18 bits per heavy atom. The summed E-state index contributed by atoms with van der Waals surface area (Å²) in [6.07, 6.45) is 0.245. The Bertz CT molecular complexity index is 405. The van der Waals surface area contributed by atoms with Crippen LogP contribution in [0.15, 0.2) is 30.3 Å². The lowest BCUT2D eigenvalue weighted by Gasteiger charge is -2.12. The smallest absolute Gasteiger partial charge is 0.409 e. The average molecular weight is 234 g/mol. The quantitative estimate of drug-likeness (QED) is 0.824. The van der Waals surface area contributed by atoms with E-state index in [1.807, 2.05) is 30.3 Å². The lowest BCUT2D eigenvalue weighted by molar-refractivity contribution is -0.119. The van der Waals surface area contributed by atoms with Crippen molar-refractivity contribution in [2.24, 2.45) is 0 Å². The van der Waals surface area contributed by atoms with Crippen LogP contribution in [0.1, 0.15) is 18.4 Å². The van der Waals surface area contributed by atoms with Crippen LogP contribution in [0.5, 0.6) is 0 Å². The van der Waals surface area contributed by atoms with Crippen LogP contribution in [-0.4, -0.2) is 18.2 Å². The lowest BCUT2D eigenvalue weighted by atomic mass is 10.2. The maximum absolute atomic E-state index is 11.4. The third-order valence-corrected chi connectivity index (χ3v) is 2.50. The van der Waals surface area contributed by atoms with Crippen molar-refractivity contribution in [1.29, 1.82) is 0 Å². The molecule has 2 amide bonds. The summed E-state index contributed by atoms with van der Waals surface area (Å²) in [7, 11) is 0. The van der Waals surface area contributed by atoms with Crippen molar-refractivity contribution in [1.82, 2.24) is 10.6 Å². The van der Waals surface area contributed by atoms with Crippen molar-refractivity contribution in [2.75, 3.05) is 0 Å². The first-order valence-electron chi connectivity index (χ1n) is 5.50. The van der Waals surface area contributed by atoms with Crippen LogP contribution in [0.4, 0.5) is 4.79 Å². The van der Waals surface area contributed by atoms with Crippen LogP contribution in [0, 0.1) is 0 Å². The van der Waals surface area contributed by atoms with Gasteiger partial charge in [-0.1, -0.05) is 30.3 Å². The molecule has 1 heterocycles. The lowest BCUT2D eigenvalue weighted by Crippen LogP contribution is -2.42. The Morgan fingerprint density at radius 1 is 1.41 bits per heavy atom. The van der Waals surface area contributed by atoms with Gasteiger partial charge in [0.25, 0.3) is 0 Å². The molecule has 1 saturated heterocycles. The largest absolute Gasteiger partial charge is 0.445 e. The van der Waals surface area contributed by atoms with Gasteiger partial charge in [0.15, 0.2) is 0 Å². The first kappa shape index (κ1) is 11.4. The number of carbonyl (C=O) groups is 2. The summed E-state index contributed by atoms with van der Waals surface area (Å²) >= 11 is 0. The Labute approximate surface area is 99.2 Å². The molecule has 1 atom stereocenters. The summed E-state index contributed by atoms with van der Waals surface area (Å²) in [5.74, 6) is -0.0432. The van der Waals surface area contributed by atoms with Gasteiger partial charge < -0.3 is 15.4 Å². The molecule has 5 heteroatoms. The molecule has 17 heavy (non-hydrogen) atoms. The molecule has 90 valence electrons. The van der Waals surface area contributed by atoms with Crippen LogP contribution >= 0.6 is 0 Å². The molecule has 0 bridgehead atoms. The summed E-state index contributed by atoms with van der Waals surface area (Å²) in [6, 6.07) is 9.43. The molecule has 0 unspecified atom stereocenters. The molecule has 0 aromatic heterocycles. The van der Waals surface area contributed by atoms with Crippen molar-refractivity contribution in [3.05, 3.63) is 35.9 Å². The summed E-state index contributed by atoms with van der Waals surface area (Å²) in [5, 5.41) is 5.22. The monoisotopic (exact) mass is 234 g/mol. The van der Waals surface area contributed by atoms with E-state index in [-0.39, 0.29) is 18.7 Å². The van der Waals surface area contributed by atoms with Gasteiger partial charge in [0.2, 0.25) is 5.91 Å². The minimum Gasteiger partial charge on any atom is -0.445 e. The number of hydrogen-bond acceptors (Lipinski definition) is 3. The first-order valence-corrected chi connectivity index (χ1v) is 5.50. The molecule has 0 spiro atoms. The van der Waals surface area contributed by atoms with Crippen molar-refractivity contribution in [2.45, 2.75) is 25.6 Å². The van der Waals surface area contributed by atoms with E-state index in [2.05, 4.69) is 10.6 Å². The zero-order chi connectivity index (χ0) is 12.1. The number of hydrogen-bond donors (Lipinski definition) is 2. The van der Waals surface area contributed by atoms with E-state index in [0.717, 1.165) is 5.56 Å². The highest BCUT2D eigenvalue weighted by Gasteiger charge is 2.22. The minimum absolute atomic E-state index is 0.0432. The molecular weight excluding hydrogens is 220 g/mol. The van der Waals surface area contributed by atoms with Gasteiger partial charge in [0.05, 0.1) is 0 Å². The minimum atomic E-state index is -0.513. The van der Waals surface area contributed by atoms with Gasteiger partial charge >= 0.3 is 6.09 Å². The SMILES string of the molecule is O=C1CC[C@H](NC(=O)OCc2ccccc2)N1. The first-order chi connectivity index (χ1) is 8.24. The second-order valence-electron chi connectivity index (χ2n) is 3.86. The van der Waals surface area contributed by atoms with E-state index in [9.17, 15) is 9.59 Å². The molecule has 1 aromatic carbocycles. The molecule has 1 aromatic rings. The highest BCUT2D eigenvalue weighted by atomic mass is 16.5. The fourth-order valence-corrected chi connectivity index (χ4v) is 1.63. The molecule has 1 aliphatic heterocycles. The molecular formula is C12H14N2O3. The molecule has 2 N–H and O–H groups in total. The van der Waals surface area contributed by atoms with Crippen molar-refractivity contribution < 1.29 is 14.3 Å². The molecule has 0 radical (unpaired) electrons. The maximum atomic E-state index is 11.4. The van der Waals surface area contributed by atoms with Gasteiger partial charge in [-0.3, -0.25) is 4.79 Å². The number of ether oxygens (including phenoxy) is 1. The van der Waals surface area contributed by atoms with Crippen LogP contribution < -0.4 is 10.6 Å². The molecule has 5 nitrogen and oxygen atoms in total. The zero-order valence-corrected chi connectivity index (χ0v) is 9.31. The second-order valence-corrected chi connectivity index (χ2v) is 3.86. The van der Waals surface area contributed by atoms with Gasteiger partial charge in [-0.2, -0.15) is 0 Å². The number of carbonyl (C=O) groups excluding carboxylic acids is 2. The van der Waals surface area contributed by atoms with Gasteiger partial charge in [0.1, 0.15) is 12.8 Å². The Morgan fingerprint density at radius 3 is 2.82 bits per heavy atom. The number of nitrogens with one attached hydrogen (secondary N) is 2. The third kappa shape index (κ3) is 3.48. The van der Waals surface area contributed by atoms with Gasteiger partial charge in [0, 0.05) is 6.42 Å². The van der Waals surface area contributed by atoms with E-state index in [4.69, 9.17) is 4.74 Å². The zero-order valence-electron chi connectivity index (χ0n) is 9.31. The van der Waals surface area contributed by atoms with E-state index < -0.39 is 6.09 Å². The highest BCUT2D eigenvalue weighted by molar-refractivity contribution is 5.79. The molecule has 1 aliphatic rings. The van der Waals surface area contributed by atoms with Gasteiger partial charge in [-0.25, -0.2) is 4.79 Å². The number of rotatable bonds is 3. The number of amides is 2. The second kappa shape index (κ2) is 5.34. The maximum Gasteiger partial charge on any atom is 0.409 e. The van der Waals surface area contributed by atoms with Crippen LogP contribution in [-0.2, 0) is 16.1 Å². The predicted molar refractivity (Wildman–Crippen MR) is 60.9 cm³/mol. The van der Waals surface area contributed by atoms with E-state index in [1.165, 1.54) is 0 Å². The van der Waals surface area contributed by atoms with Gasteiger partial charge in [-0.05, 0) is 12.0 Å². The van der Waals surface area contributed by atoms with E-state index in [1.54, 1.807) is 0 Å². The fraction of sp³-hybridized carbons (Fsp3) is 0.333. The van der Waals surface area contributed by atoms with Crippen molar-refractivity contribution in [3.8, 4) is 0 Å². The van der Waals surface area contributed by atoms with E-state index >= 15 is 0 Å². The summed E-state index contributed by atoms with van der Waals surface area (Å²) in [5.41, 5.74) is 0.929. The summed E-state index contributed by atoms with van der Waals surface area (Å²) < 4.78 is 5.02. The fourth-order valence-electron chi connectivity index (χ4n) is 1.63. The Balaban J connectivity index is 1.73. The van der Waals surface area contributed by atoms with Crippen LogP contribution in [0.2, 0.25) is 0 Å². The summed E-state index contributed by atoms with van der Waals surface area (Å²) in [6.45, 7) is 0.230. The molecule has 0 aliphatic carbocycles. The Hall–Kier alpha value is -2.04. The average Bonchev–Trinajstić information content (AvgIpc) is 2.73. The topological polar surface area (TPSA) is 67.4 Å². The van der Waals surface area contributed by atoms with Crippen LogP contribution in [0.3, 0.4) is 0 Å². The highest BCUT2D eigenvalue weighted by Crippen LogP contribution is 2.05. The van der Waals surface area contributed by atoms with Gasteiger partial charge in [-0.15, -0.1) is 0 Å². The van der Waals surface area contributed by atoms with E-state index in [0.29, 0.717) is 12.8 Å². The van der Waals surface area contributed by atoms with Crippen molar-refractivity contribution in [3.63, 3.8) is 0 Å². The predicted octanol–water partition coefficient (Wildman–Crippen LogP) is 1.15. The molecule has 2 rings (SSSR count). The Kier molecular flexibility index (Phi) is 3.59. The molecule has 1 fully saturated rings. The van der Waals surface area contributed by atoms with Crippen LogP contribution in [0.25, 0.3) is 0 Å². The normalized spacial score (nSPS) is 18.6. The number of benzene rings is 1. The summed E-state index contributed by atoms with van der Waals surface area (Å²) in [4.78, 5) is 22.3. The van der Waals surface area contributed by atoms with Crippen molar-refractivity contribution >= 4 is 12.0 Å².